The van der Waals surface area contributed by atoms with Gasteiger partial charge in [-0.3, -0.25) is 14.4 Å². The van der Waals surface area contributed by atoms with E-state index in [9.17, 15) is 14.4 Å². The number of ether oxygens (including phenoxy) is 3. The molecule has 0 radical (unpaired) electrons. The number of hydrogen-bond acceptors (Lipinski definition) is 6. The Balaban J connectivity index is 4.35. The number of carbonyl (C=O) groups is 3. The lowest BCUT2D eigenvalue weighted by Crippen LogP contribution is -2.30. The molecule has 0 aromatic heterocycles. The highest BCUT2D eigenvalue weighted by molar-refractivity contribution is 5.71. The number of unbranched alkanes of at least 4 members (excludes halogenated alkanes) is 24. The summed E-state index contributed by atoms with van der Waals surface area (Å²) in [6.45, 7) is 6.27. The molecular weight excluding hydrogens is 997 g/mol. The lowest BCUT2D eigenvalue weighted by atomic mass is 10.0. The topological polar surface area (TPSA) is 78.9 Å². The van der Waals surface area contributed by atoms with Crippen LogP contribution in [0, 0.1) is 0 Å². The molecule has 0 aliphatic heterocycles. The first-order valence-corrected chi connectivity index (χ1v) is 33.3. The minimum atomic E-state index is -0.808. The van der Waals surface area contributed by atoms with Crippen molar-refractivity contribution in [1.29, 1.82) is 0 Å². The Morgan fingerprint density at radius 2 is 0.444 bits per heavy atom. The summed E-state index contributed by atoms with van der Waals surface area (Å²) in [5, 5.41) is 0. The van der Waals surface area contributed by atoms with E-state index in [0.717, 1.165) is 161 Å². The molecule has 0 aliphatic rings. The van der Waals surface area contributed by atoms with Crippen molar-refractivity contribution in [3.8, 4) is 0 Å². The third-order valence-corrected chi connectivity index (χ3v) is 13.8. The summed E-state index contributed by atoms with van der Waals surface area (Å²) in [7, 11) is 0. The van der Waals surface area contributed by atoms with Gasteiger partial charge in [0, 0.05) is 19.3 Å². The first-order valence-electron chi connectivity index (χ1n) is 33.3. The highest BCUT2D eigenvalue weighted by Gasteiger charge is 2.19. The van der Waals surface area contributed by atoms with Crippen molar-refractivity contribution in [3.63, 3.8) is 0 Å². The van der Waals surface area contributed by atoms with Crippen molar-refractivity contribution in [2.75, 3.05) is 13.2 Å². The molecule has 0 fully saturated rings. The van der Waals surface area contributed by atoms with E-state index in [1.54, 1.807) is 0 Å². The fourth-order valence-electron chi connectivity index (χ4n) is 8.95. The van der Waals surface area contributed by atoms with Gasteiger partial charge in [-0.25, -0.2) is 0 Å². The summed E-state index contributed by atoms with van der Waals surface area (Å²) in [6, 6.07) is 0. The van der Waals surface area contributed by atoms with Gasteiger partial charge < -0.3 is 14.2 Å². The third kappa shape index (κ3) is 66.0. The smallest absolute Gasteiger partial charge is 0.306 e. The number of esters is 3. The molecule has 6 nitrogen and oxygen atoms in total. The Bertz CT molecular complexity index is 1760. The first-order chi connectivity index (χ1) is 40.0. The maximum absolute atomic E-state index is 12.9. The van der Waals surface area contributed by atoms with Crippen LogP contribution >= 0.6 is 0 Å². The number of hydrogen-bond donors (Lipinski definition) is 0. The SMILES string of the molecule is CC/C=C\C/C=C\C/C=C\C/C=C\CCCCCCCCCCCCCCCCCCC(=O)OCC(COC(=O)CCCCCC/C=C\C/C=C\C/C=C\C/C=C\CC)OC(=O)CCCCCC/C=C\C/C=C\C/C=C\C/C=C\CC. The van der Waals surface area contributed by atoms with Gasteiger partial charge in [0.1, 0.15) is 13.2 Å². The van der Waals surface area contributed by atoms with Gasteiger partial charge in [0.2, 0.25) is 0 Å². The van der Waals surface area contributed by atoms with Gasteiger partial charge in [-0.15, -0.1) is 0 Å². The highest BCUT2D eigenvalue weighted by atomic mass is 16.6. The van der Waals surface area contributed by atoms with E-state index < -0.39 is 6.10 Å². The van der Waals surface area contributed by atoms with Gasteiger partial charge in [0.15, 0.2) is 6.10 Å². The quantitative estimate of drug-likeness (QED) is 0.0261. The summed E-state index contributed by atoms with van der Waals surface area (Å²) in [5.74, 6) is -0.945. The highest BCUT2D eigenvalue weighted by Crippen LogP contribution is 2.16. The van der Waals surface area contributed by atoms with Gasteiger partial charge in [0.05, 0.1) is 0 Å². The zero-order valence-electron chi connectivity index (χ0n) is 52.5. The van der Waals surface area contributed by atoms with Gasteiger partial charge >= 0.3 is 17.9 Å². The second kappa shape index (κ2) is 67.8. The Hall–Kier alpha value is -4.71. The zero-order chi connectivity index (χ0) is 58.5. The summed E-state index contributed by atoms with van der Waals surface area (Å²) < 4.78 is 16.9. The molecule has 81 heavy (non-hydrogen) atoms. The molecule has 0 aromatic carbocycles. The normalized spacial score (nSPS) is 13.1. The molecule has 0 aliphatic carbocycles. The van der Waals surface area contributed by atoms with Crippen molar-refractivity contribution in [2.24, 2.45) is 0 Å². The molecule has 0 saturated heterocycles. The number of carbonyl (C=O) groups excluding carboxylic acids is 3. The molecule has 0 rings (SSSR count). The Labute approximate surface area is 499 Å². The fraction of sp³-hybridized carbons (Fsp3) is 0.640. The minimum Gasteiger partial charge on any atom is -0.462 e. The zero-order valence-corrected chi connectivity index (χ0v) is 52.5. The molecule has 458 valence electrons. The molecular formula is C75H122O6. The second-order valence-electron chi connectivity index (χ2n) is 21.6. The number of rotatable bonds is 59. The van der Waals surface area contributed by atoms with Gasteiger partial charge in [-0.05, 0) is 135 Å². The van der Waals surface area contributed by atoms with Gasteiger partial charge in [-0.2, -0.15) is 0 Å². The average Bonchev–Trinajstić information content (AvgIpc) is 3.47. The monoisotopic (exact) mass is 1120 g/mol. The van der Waals surface area contributed by atoms with Crippen molar-refractivity contribution in [3.05, 3.63) is 146 Å². The molecule has 0 bridgehead atoms. The predicted octanol–water partition coefficient (Wildman–Crippen LogP) is 23.1. The summed E-state index contributed by atoms with van der Waals surface area (Å²) >= 11 is 0. The molecule has 1 atom stereocenters. The largest absolute Gasteiger partial charge is 0.462 e. The van der Waals surface area contributed by atoms with Crippen LogP contribution in [0.5, 0.6) is 0 Å². The average molecular weight is 1120 g/mol. The van der Waals surface area contributed by atoms with E-state index in [-0.39, 0.29) is 31.1 Å². The van der Waals surface area contributed by atoms with Crippen molar-refractivity contribution < 1.29 is 28.6 Å². The maximum Gasteiger partial charge on any atom is 0.306 e. The van der Waals surface area contributed by atoms with E-state index in [4.69, 9.17) is 14.2 Å². The molecule has 0 spiro atoms. The standard InChI is InChI=1S/C75H122O6/c1-4-7-10-13-16-19-22-25-28-31-32-33-34-35-36-37-38-39-40-41-42-45-47-50-53-56-59-62-65-68-74(77)80-71-72(81-75(78)69-66-63-60-57-54-51-48-44-30-27-24-21-18-15-12-9-6-3)70-79-73(76)67-64-61-58-55-52-49-46-43-29-26-23-20-17-14-11-8-5-2/h7-12,16-21,25-30,32-33,46,48-49,51,72H,4-6,13-15,22-24,31,34-45,47,50,52-71H2,1-3H3/b10-7-,11-8-,12-9-,19-16-,20-17-,21-18-,28-25-,29-26-,30-27-,33-32-,49-46-,51-48-. The maximum atomic E-state index is 12.9. The van der Waals surface area contributed by atoms with E-state index in [1.807, 2.05) is 0 Å². The van der Waals surface area contributed by atoms with E-state index in [1.165, 1.54) is 89.9 Å². The summed E-state index contributed by atoms with van der Waals surface area (Å²) in [4.78, 5) is 38.4. The van der Waals surface area contributed by atoms with Crippen LogP contribution in [0.15, 0.2) is 146 Å². The van der Waals surface area contributed by atoms with Crippen LogP contribution in [-0.4, -0.2) is 37.2 Å². The van der Waals surface area contributed by atoms with Crippen molar-refractivity contribution in [2.45, 2.75) is 297 Å². The van der Waals surface area contributed by atoms with E-state index >= 15 is 0 Å². The van der Waals surface area contributed by atoms with Crippen LogP contribution in [0.4, 0.5) is 0 Å². The predicted molar refractivity (Wildman–Crippen MR) is 352 cm³/mol. The lowest BCUT2D eigenvalue weighted by Gasteiger charge is -2.18. The summed E-state index contributed by atoms with van der Waals surface area (Å²) in [6.07, 6.45) is 97.2. The van der Waals surface area contributed by atoms with Crippen LogP contribution in [0.1, 0.15) is 290 Å². The Kier molecular flexibility index (Phi) is 63.9. The first kappa shape index (κ1) is 76.3. The minimum absolute atomic E-state index is 0.0994. The second-order valence-corrected chi connectivity index (χ2v) is 21.6. The Morgan fingerprint density at radius 3 is 0.691 bits per heavy atom. The number of allylic oxidation sites excluding steroid dienone is 24. The molecule has 1 unspecified atom stereocenters. The van der Waals surface area contributed by atoms with E-state index in [0.29, 0.717) is 19.3 Å². The van der Waals surface area contributed by atoms with Crippen LogP contribution in [0.25, 0.3) is 0 Å². The lowest BCUT2D eigenvalue weighted by molar-refractivity contribution is -0.167. The Morgan fingerprint density at radius 1 is 0.247 bits per heavy atom. The van der Waals surface area contributed by atoms with Crippen LogP contribution in [0.3, 0.4) is 0 Å². The van der Waals surface area contributed by atoms with Gasteiger partial charge in [0.25, 0.3) is 0 Å². The molecule has 0 amide bonds. The molecule has 0 N–H and O–H groups in total. The molecule has 0 aromatic rings. The van der Waals surface area contributed by atoms with Crippen molar-refractivity contribution >= 4 is 17.9 Å². The summed E-state index contributed by atoms with van der Waals surface area (Å²) in [5.41, 5.74) is 0. The van der Waals surface area contributed by atoms with Crippen LogP contribution in [0.2, 0.25) is 0 Å². The molecule has 0 heterocycles. The fourth-order valence-corrected chi connectivity index (χ4v) is 8.95. The van der Waals surface area contributed by atoms with Crippen LogP contribution < -0.4 is 0 Å². The molecule has 0 saturated carbocycles. The van der Waals surface area contributed by atoms with Crippen LogP contribution in [-0.2, 0) is 28.6 Å². The van der Waals surface area contributed by atoms with E-state index in [2.05, 4.69) is 167 Å². The third-order valence-electron chi connectivity index (χ3n) is 13.8. The van der Waals surface area contributed by atoms with Crippen molar-refractivity contribution in [1.82, 2.24) is 0 Å². The molecule has 6 heteroatoms. The van der Waals surface area contributed by atoms with Gasteiger partial charge in [-0.1, -0.05) is 282 Å².